The van der Waals surface area contributed by atoms with Crippen LogP contribution in [0.4, 0.5) is 0 Å². The molecule has 1 aliphatic heterocycles. The number of hydrogen-bond acceptors (Lipinski definition) is 6. The van der Waals surface area contributed by atoms with Gasteiger partial charge in [0, 0.05) is 12.2 Å². The van der Waals surface area contributed by atoms with Gasteiger partial charge in [0.25, 0.3) is 0 Å². The van der Waals surface area contributed by atoms with Crippen molar-refractivity contribution in [1.82, 2.24) is 5.16 Å². The van der Waals surface area contributed by atoms with Gasteiger partial charge in [0.1, 0.15) is 29.7 Å². The van der Waals surface area contributed by atoms with Gasteiger partial charge in [-0.15, -0.1) is 0 Å². The summed E-state index contributed by atoms with van der Waals surface area (Å²) in [5, 5.41) is 13.6. The zero-order valence-corrected chi connectivity index (χ0v) is 16.0. The second-order valence-electron chi connectivity index (χ2n) is 6.85. The van der Waals surface area contributed by atoms with Gasteiger partial charge >= 0.3 is 0 Å². The Morgan fingerprint density at radius 2 is 1.86 bits per heavy atom. The third kappa shape index (κ3) is 4.83. The number of nitrogens with zero attached hydrogens (tertiary/aromatic N) is 2. The Morgan fingerprint density at radius 3 is 2.59 bits per heavy atom. The van der Waals surface area contributed by atoms with Gasteiger partial charge < -0.3 is 18.7 Å². The maximum atomic E-state index is 9.59. The maximum Gasteiger partial charge on any atom is 0.184 e. The minimum Gasteiger partial charge on any atom is -0.489 e. The molecule has 0 aliphatic carbocycles. The first kappa shape index (κ1) is 19.2. The van der Waals surface area contributed by atoms with E-state index < -0.39 is 0 Å². The lowest BCUT2D eigenvalue weighted by Crippen LogP contribution is -2.22. The van der Waals surface area contributed by atoms with Crippen molar-refractivity contribution in [2.75, 3.05) is 6.61 Å². The lowest BCUT2D eigenvalue weighted by atomic mass is 10.1. The van der Waals surface area contributed by atoms with Crippen LogP contribution >= 0.6 is 0 Å². The first-order chi connectivity index (χ1) is 14.3. The summed E-state index contributed by atoms with van der Waals surface area (Å²) < 4.78 is 22.5. The molecule has 1 aromatic heterocycles. The van der Waals surface area contributed by atoms with Crippen LogP contribution in [0.2, 0.25) is 0 Å². The minimum atomic E-state index is -0.239. The average Bonchev–Trinajstić information content (AvgIpc) is 3.21. The van der Waals surface area contributed by atoms with Crippen molar-refractivity contribution in [3.8, 4) is 23.1 Å². The molecule has 0 spiro atoms. The molecule has 0 radical (unpaired) electrons. The van der Waals surface area contributed by atoms with Gasteiger partial charge in [-0.2, -0.15) is 5.26 Å². The van der Waals surface area contributed by atoms with E-state index in [1.54, 1.807) is 0 Å². The third-order valence-electron chi connectivity index (χ3n) is 4.78. The second kappa shape index (κ2) is 9.37. The number of nitriles is 1. The molecule has 0 N–H and O–H groups in total. The van der Waals surface area contributed by atoms with Crippen LogP contribution in [0.3, 0.4) is 0 Å². The molecule has 2 aromatic carbocycles. The van der Waals surface area contributed by atoms with Crippen LogP contribution in [0.1, 0.15) is 36.1 Å². The molecule has 6 heteroatoms. The topological polar surface area (TPSA) is 77.5 Å². The van der Waals surface area contributed by atoms with Crippen molar-refractivity contribution in [3.05, 3.63) is 71.4 Å². The van der Waals surface area contributed by atoms with E-state index in [9.17, 15) is 5.26 Å². The second-order valence-corrected chi connectivity index (χ2v) is 6.85. The summed E-state index contributed by atoms with van der Waals surface area (Å²) in [5.41, 5.74) is 2.74. The van der Waals surface area contributed by atoms with Crippen LogP contribution in [0.5, 0.6) is 5.75 Å². The molecule has 2 heterocycles. The Hall–Kier alpha value is -3.14. The Bertz CT molecular complexity index is 955. The van der Waals surface area contributed by atoms with Crippen molar-refractivity contribution < 1.29 is 18.7 Å². The standard InChI is InChI=1S/C23H22N2O4/c24-14-20-21(16-28-22-8-4-5-13-26-22)25-29-23(20)18-9-11-19(12-10-18)27-15-17-6-2-1-3-7-17/h1-3,6-7,9-12,22H,4-5,8,13,15-16H2. The Morgan fingerprint density at radius 1 is 1.03 bits per heavy atom. The zero-order chi connectivity index (χ0) is 19.9. The minimum absolute atomic E-state index is 0.190. The van der Waals surface area contributed by atoms with E-state index in [0.29, 0.717) is 30.2 Å². The molecule has 1 fully saturated rings. The molecule has 3 aromatic rings. The quantitative estimate of drug-likeness (QED) is 0.575. The monoisotopic (exact) mass is 390 g/mol. The summed E-state index contributed by atoms with van der Waals surface area (Å²) in [7, 11) is 0. The van der Waals surface area contributed by atoms with Crippen LogP contribution in [0, 0.1) is 11.3 Å². The highest BCUT2D eigenvalue weighted by Gasteiger charge is 2.20. The predicted octanol–water partition coefficient (Wildman–Crippen LogP) is 4.84. The maximum absolute atomic E-state index is 9.59. The first-order valence-electron chi connectivity index (χ1n) is 9.72. The molecular weight excluding hydrogens is 368 g/mol. The Kier molecular flexibility index (Phi) is 6.20. The SMILES string of the molecule is N#Cc1c(COC2CCCCO2)noc1-c1ccc(OCc2ccccc2)cc1. The van der Waals surface area contributed by atoms with E-state index in [2.05, 4.69) is 11.2 Å². The number of hydrogen-bond donors (Lipinski definition) is 0. The fraction of sp³-hybridized carbons (Fsp3) is 0.304. The van der Waals surface area contributed by atoms with Crippen molar-refractivity contribution in [3.63, 3.8) is 0 Å². The fourth-order valence-electron chi connectivity index (χ4n) is 3.19. The lowest BCUT2D eigenvalue weighted by molar-refractivity contribution is -0.169. The molecule has 1 saturated heterocycles. The molecule has 0 saturated carbocycles. The van der Waals surface area contributed by atoms with Crippen LogP contribution < -0.4 is 4.74 Å². The zero-order valence-electron chi connectivity index (χ0n) is 16.0. The largest absolute Gasteiger partial charge is 0.489 e. The predicted molar refractivity (Wildman–Crippen MR) is 106 cm³/mol. The van der Waals surface area contributed by atoms with Crippen molar-refractivity contribution >= 4 is 0 Å². The molecule has 1 atom stereocenters. The van der Waals surface area contributed by atoms with Crippen LogP contribution in [0.25, 0.3) is 11.3 Å². The van der Waals surface area contributed by atoms with Crippen LogP contribution in [0.15, 0.2) is 59.1 Å². The molecule has 0 amide bonds. The molecule has 4 rings (SSSR count). The van der Waals surface area contributed by atoms with Crippen molar-refractivity contribution in [2.24, 2.45) is 0 Å². The average molecular weight is 390 g/mol. The Balaban J connectivity index is 1.41. The van der Waals surface area contributed by atoms with Gasteiger partial charge in [-0.25, -0.2) is 0 Å². The van der Waals surface area contributed by atoms with Gasteiger partial charge in [0.05, 0.1) is 6.61 Å². The molecular formula is C23H22N2O4. The summed E-state index contributed by atoms with van der Waals surface area (Å²) in [6, 6.07) is 19.6. The van der Waals surface area contributed by atoms with Crippen LogP contribution in [-0.2, 0) is 22.7 Å². The summed E-state index contributed by atoms with van der Waals surface area (Å²) in [6.07, 6.45) is 2.76. The summed E-state index contributed by atoms with van der Waals surface area (Å²) in [4.78, 5) is 0. The summed E-state index contributed by atoms with van der Waals surface area (Å²) in [6.45, 7) is 1.39. The first-order valence-corrected chi connectivity index (χ1v) is 9.72. The molecule has 29 heavy (non-hydrogen) atoms. The lowest BCUT2D eigenvalue weighted by Gasteiger charge is -2.22. The molecule has 6 nitrogen and oxygen atoms in total. The highest BCUT2D eigenvalue weighted by Crippen LogP contribution is 2.28. The highest BCUT2D eigenvalue weighted by molar-refractivity contribution is 5.66. The molecule has 1 aliphatic rings. The molecule has 0 bridgehead atoms. The summed E-state index contributed by atoms with van der Waals surface area (Å²) >= 11 is 0. The van der Waals surface area contributed by atoms with Gasteiger partial charge in [-0.05, 0) is 49.1 Å². The van der Waals surface area contributed by atoms with E-state index in [1.807, 2.05) is 54.6 Å². The van der Waals surface area contributed by atoms with E-state index in [4.69, 9.17) is 18.7 Å². The fourth-order valence-corrected chi connectivity index (χ4v) is 3.19. The van der Waals surface area contributed by atoms with Gasteiger partial charge in [-0.3, -0.25) is 0 Å². The van der Waals surface area contributed by atoms with E-state index in [0.717, 1.165) is 36.1 Å². The van der Waals surface area contributed by atoms with Crippen molar-refractivity contribution in [1.29, 1.82) is 5.26 Å². The van der Waals surface area contributed by atoms with Crippen molar-refractivity contribution in [2.45, 2.75) is 38.8 Å². The number of rotatable bonds is 7. The molecule has 148 valence electrons. The Labute approximate surface area is 169 Å². The van der Waals surface area contributed by atoms with E-state index in [1.165, 1.54) is 0 Å². The van der Waals surface area contributed by atoms with Crippen LogP contribution in [-0.4, -0.2) is 18.1 Å². The van der Waals surface area contributed by atoms with E-state index >= 15 is 0 Å². The normalized spacial score (nSPS) is 16.3. The number of ether oxygens (including phenoxy) is 3. The van der Waals surface area contributed by atoms with Gasteiger partial charge in [-0.1, -0.05) is 35.5 Å². The van der Waals surface area contributed by atoms with E-state index in [-0.39, 0.29) is 12.9 Å². The highest BCUT2D eigenvalue weighted by atomic mass is 16.7. The van der Waals surface area contributed by atoms with Gasteiger partial charge in [0.2, 0.25) is 0 Å². The number of benzene rings is 2. The van der Waals surface area contributed by atoms with Gasteiger partial charge in [0.15, 0.2) is 12.1 Å². The smallest absolute Gasteiger partial charge is 0.184 e. The third-order valence-corrected chi connectivity index (χ3v) is 4.78. The molecule has 1 unspecified atom stereocenters. The summed E-state index contributed by atoms with van der Waals surface area (Å²) in [5.74, 6) is 1.18. The number of aromatic nitrogens is 1.